The molecule has 8 heteroatoms. The zero-order valence-corrected chi connectivity index (χ0v) is 15.4. The molecule has 27 heavy (non-hydrogen) atoms. The lowest BCUT2D eigenvalue weighted by molar-refractivity contribution is 0.429. The Bertz CT molecular complexity index is 1100. The van der Waals surface area contributed by atoms with Crippen LogP contribution in [0.2, 0.25) is 10.2 Å². The minimum atomic E-state index is 0.118. The van der Waals surface area contributed by atoms with E-state index in [1.54, 1.807) is 16.8 Å². The Hall–Kier alpha value is -3.09. The van der Waals surface area contributed by atoms with Gasteiger partial charge in [-0.2, -0.15) is 14.8 Å². The predicted molar refractivity (Wildman–Crippen MR) is 106 cm³/mol. The molecule has 0 saturated carbocycles. The summed E-state index contributed by atoms with van der Waals surface area (Å²) in [5.41, 5.74) is 8.38. The van der Waals surface area contributed by atoms with E-state index >= 15 is 0 Å². The third kappa shape index (κ3) is 3.45. The van der Waals surface area contributed by atoms with Gasteiger partial charge in [-0.05, 0) is 12.1 Å². The van der Waals surface area contributed by atoms with Crippen LogP contribution in [-0.2, 0) is 0 Å². The summed E-state index contributed by atoms with van der Waals surface area (Å²) in [6.45, 7) is 0. The standard InChI is InChI=1S/C19H13Cl2N5O/c20-13-8-4-5-9-15(13)26-16(27-19-17(22)18(21)23-11-24-19)10-14(25-26)12-6-2-1-3-7-12/h1-11H,22H2. The minimum absolute atomic E-state index is 0.118. The van der Waals surface area contributed by atoms with E-state index in [-0.39, 0.29) is 16.7 Å². The van der Waals surface area contributed by atoms with E-state index in [1.165, 1.54) is 6.33 Å². The molecule has 0 unspecified atom stereocenters. The third-order valence-electron chi connectivity index (χ3n) is 3.83. The largest absolute Gasteiger partial charge is 0.418 e. The maximum absolute atomic E-state index is 6.36. The lowest BCUT2D eigenvalue weighted by Crippen LogP contribution is -2.03. The summed E-state index contributed by atoms with van der Waals surface area (Å²) in [6, 6.07) is 18.8. The van der Waals surface area contributed by atoms with Gasteiger partial charge in [-0.15, -0.1) is 0 Å². The Balaban J connectivity index is 1.85. The SMILES string of the molecule is Nc1c(Cl)ncnc1Oc1cc(-c2ccccc2)nn1-c1ccccc1Cl. The average molecular weight is 398 g/mol. The van der Waals surface area contributed by atoms with Crippen molar-refractivity contribution in [1.29, 1.82) is 0 Å². The molecule has 0 radical (unpaired) electrons. The first-order chi connectivity index (χ1) is 13.1. The number of hydrogen-bond donors (Lipinski definition) is 1. The van der Waals surface area contributed by atoms with Crippen LogP contribution < -0.4 is 10.5 Å². The van der Waals surface area contributed by atoms with E-state index in [2.05, 4.69) is 15.1 Å². The monoisotopic (exact) mass is 397 g/mol. The highest BCUT2D eigenvalue weighted by Gasteiger charge is 2.17. The number of nitrogens with two attached hydrogens (primary N) is 1. The number of ether oxygens (including phenoxy) is 1. The molecule has 134 valence electrons. The van der Waals surface area contributed by atoms with Crippen LogP contribution in [0.15, 0.2) is 67.0 Å². The molecule has 0 aliphatic rings. The molecule has 6 nitrogen and oxygen atoms in total. The number of benzene rings is 2. The van der Waals surface area contributed by atoms with Gasteiger partial charge < -0.3 is 10.5 Å². The Morgan fingerprint density at radius 2 is 1.67 bits per heavy atom. The topological polar surface area (TPSA) is 78.8 Å². The molecular formula is C19H13Cl2N5O. The number of nitrogens with zero attached hydrogens (tertiary/aromatic N) is 4. The third-order valence-corrected chi connectivity index (χ3v) is 4.45. The molecule has 4 rings (SSSR count). The van der Waals surface area contributed by atoms with E-state index in [1.807, 2.05) is 48.5 Å². The fraction of sp³-hybridized carbons (Fsp3) is 0. The van der Waals surface area contributed by atoms with E-state index in [4.69, 9.17) is 33.7 Å². The van der Waals surface area contributed by atoms with Crippen LogP contribution in [0.4, 0.5) is 5.69 Å². The molecule has 2 aromatic carbocycles. The molecule has 0 bridgehead atoms. The number of para-hydroxylation sites is 1. The van der Waals surface area contributed by atoms with Crippen molar-refractivity contribution in [3.05, 3.63) is 77.2 Å². The van der Waals surface area contributed by atoms with Crippen LogP contribution in [0.1, 0.15) is 0 Å². The fourth-order valence-corrected chi connectivity index (χ4v) is 2.86. The summed E-state index contributed by atoms with van der Waals surface area (Å²) in [6.07, 6.45) is 1.28. The molecule has 0 spiro atoms. The van der Waals surface area contributed by atoms with Gasteiger partial charge in [0.05, 0.1) is 16.4 Å². The van der Waals surface area contributed by atoms with Crippen molar-refractivity contribution in [2.75, 3.05) is 5.73 Å². The van der Waals surface area contributed by atoms with E-state index in [0.717, 1.165) is 5.56 Å². The Morgan fingerprint density at radius 1 is 0.926 bits per heavy atom. The first-order valence-corrected chi connectivity index (χ1v) is 8.73. The van der Waals surface area contributed by atoms with Crippen molar-refractivity contribution >= 4 is 28.9 Å². The molecule has 4 aromatic rings. The molecule has 0 amide bonds. The molecule has 0 saturated heterocycles. The van der Waals surface area contributed by atoms with Gasteiger partial charge >= 0.3 is 0 Å². The van der Waals surface area contributed by atoms with Crippen molar-refractivity contribution in [2.24, 2.45) is 0 Å². The summed E-state index contributed by atoms with van der Waals surface area (Å²) in [4.78, 5) is 7.89. The number of rotatable bonds is 4. The number of halogens is 2. The zero-order valence-electron chi connectivity index (χ0n) is 13.9. The maximum Gasteiger partial charge on any atom is 0.249 e. The summed E-state index contributed by atoms with van der Waals surface area (Å²) in [5, 5.41) is 5.29. The fourth-order valence-electron chi connectivity index (χ4n) is 2.52. The van der Waals surface area contributed by atoms with Gasteiger partial charge in [-0.1, -0.05) is 65.7 Å². The maximum atomic E-state index is 6.36. The van der Waals surface area contributed by atoms with Crippen molar-refractivity contribution in [1.82, 2.24) is 19.7 Å². The van der Waals surface area contributed by atoms with Gasteiger partial charge in [0.25, 0.3) is 0 Å². The molecule has 0 atom stereocenters. The molecule has 2 heterocycles. The molecule has 2 N–H and O–H groups in total. The van der Waals surface area contributed by atoms with Crippen molar-refractivity contribution < 1.29 is 4.74 Å². The van der Waals surface area contributed by atoms with Crippen molar-refractivity contribution in [3.63, 3.8) is 0 Å². The van der Waals surface area contributed by atoms with Gasteiger partial charge in [0.1, 0.15) is 12.0 Å². The Morgan fingerprint density at radius 3 is 2.44 bits per heavy atom. The number of hydrogen-bond acceptors (Lipinski definition) is 5. The Labute approximate surface area is 165 Å². The van der Waals surface area contributed by atoms with Gasteiger partial charge in [-0.25, -0.2) is 4.98 Å². The van der Waals surface area contributed by atoms with Crippen molar-refractivity contribution in [2.45, 2.75) is 0 Å². The van der Waals surface area contributed by atoms with Crippen LogP contribution in [0.25, 0.3) is 16.9 Å². The normalized spacial score (nSPS) is 10.7. The van der Waals surface area contributed by atoms with Crippen LogP contribution in [-0.4, -0.2) is 19.7 Å². The highest BCUT2D eigenvalue weighted by Crippen LogP contribution is 2.34. The van der Waals surface area contributed by atoms with Gasteiger partial charge in [0.15, 0.2) is 5.15 Å². The number of aromatic nitrogens is 4. The first-order valence-electron chi connectivity index (χ1n) is 7.97. The zero-order chi connectivity index (χ0) is 18.8. The number of nitrogen functional groups attached to an aromatic ring is 1. The summed E-state index contributed by atoms with van der Waals surface area (Å²) >= 11 is 12.3. The molecule has 0 fully saturated rings. The smallest absolute Gasteiger partial charge is 0.249 e. The highest BCUT2D eigenvalue weighted by atomic mass is 35.5. The molecule has 0 aliphatic carbocycles. The average Bonchev–Trinajstić information content (AvgIpc) is 3.10. The van der Waals surface area contributed by atoms with Crippen LogP contribution in [0.5, 0.6) is 11.8 Å². The van der Waals surface area contributed by atoms with Crippen LogP contribution >= 0.6 is 23.2 Å². The van der Waals surface area contributed by atoms with E-state index in [9.17, 15) is 0 Å². The van der Waals surface area contributed by atoms with E-state index in [0.29, 0.717) is 22.3 Å². The summed E-state index contributed by atoms with van der Waals surface area (Å²) in [7, 11) is 0. The van der Waals surface area contributed by atoms with Gasteiger partial charge in [0, 0.05) is 11.6 Å². The summed E-state index contributed by atoms with van der Waals surface area (Å²) in [5.74, 6) is 0.534. The molecule has 0 aliphatic heterocycles. The minimum Gasteiger partial charge on any atom is -0.418 e. The van der Waals surface area contributed by atoms with Gasteiger partial charge in [0.2, 0.25) is 11.8 Å². The second-order valence-electron chi connectivity index (χ2n) is 5.58. The lowest BCUT2D eigenvalue weighted by atomic mass is 10.2. The van der Waals surface area contributed by atoms with E-state index < -0.39 is 0 Å². The second-order valence-corrected chi connectivity index (χ2v) is 6.35. The number of anilines is 1. The molecule has 2 aromatic heterocycles. The predicted octanol–water partition coefficient (Wildman–Crippen LogP) is 5.01. The summed E-state index contributed by atoms with van der Waals surface area (Å²) < 4.78 is 7.51. The lowest BCUT2D eigenvalue weighted by Gasteiger charge is -2.10. The molecular weight excluding hydrogens is 385 g/mol. The van der Waals surface area contributed by atoms with Crippen LogP contribution in [0.3, 0.4) is 0 Å². The van der Waals surface area contributed by atoms with Gasteiger partial charge in [-0.3, -0.25) is 0 Å². The van der Waals surface area contributed by atoms with Crippen molar-refractivity contribution in [3.8, 4) is 28.7 Å². The Kier molecular flexibility index (Phi) is 4.66. The first kappa shape index (κ1) is 17.3. The second kappa shape index (κ2) is 7.26. The quantitative estimate of drug-likeness (QED) is 0.489. The van der Waals surface area contributed by atoms with Crippen LogP contribution in [0, 0.1) is 0 Å². The highest BCUT2D eigenvalue weighted by molar-refractivity contribution is 6.32.